The molecule has 1 fully saturated rings. The highest BCUT2D eigenvalue weighted by Gasteiger charge is 2.43. The predicted octanol–water partition coefficient (Wildman–Crippen LogP) is 6.41. The number of benzene rings is 1. The maximum atomic E-state index is 14.4. The van der Waals surface area contributed by atoms with E-state index in [1.165, 1.54) is 7.11 Å². The van der Waals surface area contributed by atoms with Crippen LogP contribution in [-0.4, -0.2) is 120 Å². The number of carbonyl (C=O) groups excluding carboxylic acids is 4. The predicted molar refractivity (Wildman–Crippen MR) is 216 cm³/mol. The Kier molecular flexibility index (Phi) is 19.7. The highest BCUT2D eigenvalue weighted by atomic mass is 16.5. The molecule has 1 heterocycles. The molecule has 0 spiro atoms. The van der Waals surface area contributed by atoms with Gasteiger partial charge in [-0.15, -0.1) is 0 Å². The van der Waals surface area contributed by atoms with Gasteiger partial charge in [0, 0.05) is 58.5 Å². The number of aliphatic carboxylic acids is 1. The summed E-state index contributed by atoms with van der Waals surface area (Å²) in [6.07, 6.45) is 1.16. The van der Waals surface area contributed by atoms with E-state index in [1.54, 1.807) is 30.9 Å². The lowest BCUT2D eigenvalue weighted by Crippen LogP contribution is -2.54. The number of carbonyl (C=O) groups is 5. The fraction of sp³-hybridized carbons (Fsp3) is 0.750. The normalized spacial score (nSPS) is 19.2. The summed E-state index contributed by atoms with van der Waals surface area (Å²) in [6, 6.07) is 8.35. The maximum absolute atomic E-state index is 14.4. The van der Waals surface area contributed by atoms with E-state index in [0.717, 1.165) is 18.4 Å². The van der Waals surface area contributed by atoms with E-state index < -0.39 is 42.0 Å². The van der Waals surface area contributed by atoms with Gasteiger partial charge in [0.25, 0.3) is 0 Å². The van der Waals surface area contributed by atoms with Crippen LogP contribution in [0.1, 0.15) is 106 Å². The molecule has 55 heavy (non-hydrogen) atoms. The molecule has 11 heteroatoms. The van der Waals surface area contributed by atoms with Crippen molar-refractivity contribution in [2.45, 2.75) is 144 Å². The molecular weight excluding hydrogens is 698 g/mol. The van der Waals surface area contributed by atoms with Crippen LogP contribution in [0, 0.1) is 35.5 Å². The molecule has 0 aliphatic carbocycles. The summed E-state index contributed by atoms with van der Waals surface area (Å²) in [5.41, 5.74) is 0.851. The molecule has 1 aliphatic heterocycles. The molecule has 1 saturated heterocycles. The van der Waals surface area contributed by atoms with Gasteiger partial charge in [0.05, 0.1) is 42.7 Å². The van der Waals surface area contributed by atoms with Gasteiger partial charge in [-0.1, -0.05) is 85.2 Å². The number of Topliss-reactive ketones (excluding diaryl/α,β-unsaturated/α-hetero) is 2. The molecule has 0 saturated carbocycles. The average molecular weight is 772 g/mol. The first-order valence-electron chi connectivity index (χ1n) is 20.5. The molecule has 0 aromatic heterocycles. The van der Waals surface area contributed by atoms with E-state index in [0.29, 0.717) is 13.0 Å². The van der Waals surface area contributed by atoms with Gasteiger partial charge >= 0.3 is 5.97 Å². The number of likely N-dealkylation sites (N-methyl/N-ethyl adjacent to an activating group) is 2. The number of hydrogen-bond acceptors (Lipinski definition) is 8. The second-order valence-corrected chi connectivity index (χ2v) is 17.0. The summed E-state index contributed by atoms with van der Waals surface area (Å²) in [5.74, 6) is -3.50. The van der Waals surface area contributed by atoms with Crippen molar-refractivity contribution in [1.82, 2.24) is 14.7 Å². The van der Waals surface area contributed by atoms with Crippen LogP contribution in [0.15, 0.2) is 30.3 Å². The zero-order chi connectivity index (χ0) is 41.7. The van der Waals surface area contributed by atoms with Gasteiger partial charge < -0.3 is 24.4 Å². The summed E-state index contributed by atoms with van der Waals surface area (Å²) >= 11 is 0. The molecule has 1 aromatic rings. The van der Waals surface area contributed by atoms with Crippen molar-refractivity contribution in [2.24, 2.45) is 35.5 Å². The van der Waals surface area contributed by atoms with Crippen molar-refractivity contribution >= 4 is 29.4 Å². The van der Waals surface area contributed by atoms with E-state index in [1.807, 2.05) is 65.1 Å². The smallest absolute Gasteiger partial charge is 0.307 e. The Bertz CT molecular complexity index is 1380. The van der Waals surface area contributed by atoms with Crippen LogP contribution < -0.4 is 0 Å². The largest absolute Gasteiger partial charge is 0.481 e. The summed E-state index contributed by atoms with van der Waals surface area (Å²) in [5, 5.41) is 9.96. The third-order valence-corrected chi connectivity index (χ3v) is 12.2. The van der Waals surface area contributed by atoms with Gasteiger partial charge in [-0.05, 0) is 63.5 Å². The van der Waals surface area contributed by atoms with Crippen molar-refractivity contribution in [3.05, 3.63) is 35.9 Å². The summed E-state index contributed by atoms with van der Waals surface area (Å²) in [7, 11) is 6.83. The van der Waals surface area contributed by atoms with Crippen molar-refractivity contribution in [3.63, 3.8) is 0 Å². The summed E-state index contributed by atoms with van der Waals surface area (Å²) < 4.78 is 12.0. The Morgan fingerprint density at radius 3 is 1.96 bits per heavy atom. The number of ether oxygens (including phenoxy) is 2. The first-order chi connectivity index (χ1) is 25.8. The third kappa shape index (κ3) is 12.9. The van der Waals surface area contributed by atoms with Crippen molar-refractivity contribution in [2.75, 3.05) is 34.9 Å². The molecule has 312 valence electrons. The number of nitrogens with zero attached hydrogens (tertiary/aromatic N) is 3. The molecule has 1 N–H and O–H groups in total. The minimum Gasteiger partial charge on any atom is -0.481 e. The third-order valence-electron chi connectivity index (χ3n) is 12.2. The van der Waals surface area contributed by atoms with Gasteiger partial charge in [0.1, 0.15) is 5.78 Å². The van der Waals surface area contributed by atoms with Crippen molar-refractivity contribution in [1.29, 1.82) is 0 Å². The number of carboxylic acids is 1. The quantitative estimate of drug-likeness (QED) is 0.127. The summed E-state index contributed by atoms with van der Waals surface area (Å²) in [6.45, 7) is 18.5. The van der Waals surface area contributed by atoms with Crippen LogP contribution in [0.2, 0.25) is 0 Å². The number of likely N-dealkylation sites (tertiary alicyclic amines) is 1. The molecule has 9 atom stereocenters. The molecule has 0 radical (unpaired) electrons. The standard InChI is InChI=1S/C44H73N3O8/c1-14-30(8)41(46(11)43(51)34(27(2)3)25-37(49)40(28(4)5)45(10)29(6)7)38(54-12)26-39(50)47-22-18-21-35(47)42(55-13)31(9)36(48)24-33(44(52)53)23-32-19-16-15-17-20-32/h15-17,19-20,27-31,33-35,38,40-42H,14,18,21-26H2,1-13H3,(H,52,53)/t30-,31-,33+,34-,35-,38?,40-,41-,42+/m0/s1. The van der Waals surface area contributed by atoms with Crippen LogP contribution >= 0.6 is 0 Å². The molecule has 11 nitrogen and oxygen atoms in total. The molecule has 2 rings (SSSR count). The van der Waals surface area contributed by atoms with Gasteiger partial charge in [-0.3, -0.25) is 28.9 Å². The van der Waals surface area contributed by atoms with Crippen LogP contribution in [0.4, 0.5) is 0 Å². The first kappa shape index (κ1) is 48.0. The Morgan fingerprint density at radius 1 is 0.855 bits per heavy atom. The van der Waals surface area contributed by atoms with E-state index in [4.69, 9.17) is 9.47 Å². The number of amides is 2. The van der Waals surface area contributed by atoms with Crippen LogP contribution in [0.5, 0.6) is 0 Å². The van der Waals surface area contributed by atoms with E-state index in [2.05, 4.69) is 32.6 Å². The maximum Gasteiger partial charge on any atom is 0.307 e. The van der Waals surface area contributed by atoms with Gasteiger partial charge in [-0.25, -0.2) is 0 Å². The fourth-order valence-electron chi connectivity index (χ4n) is 8.51. The van der Waals surface area contributed by atoms with Crippen LogP contribution in [-0.2, 0) is 39.9 Å². The van der Waals surface area contributed by atoms with E-state index in [9.17, 15) is 29.1 Å². The number of ketones is 2. The zero-order valence-electron chi connectivity index (χ0n) is 36.1. The first-order valence-corrected chi connectivity index (χ1v) is 20.5. The minimum absolute atomic E-state index is 0.0116. The Hall–Kier alpha value is -3.15. The number of rotatable bonds is 24. The van der Waals surface area contributed by atoms with Gasteiger partial charge in [-0.2, -0.15) is 0 Å². The highest BCUT2D eigenvalue weighted by molar-refractivity contribution is 5.90. The van der Waals surface area contributed by atoms with E-state index in [-0.39, 0.29) is 84.9 Å². The number of hydrogen-bond donors (Lipinski definition) is 1. The lowest BCUT2D eigenvalue weighted by Gasteiger charge is -2.41. The van der Waals surface area contributed by atoms with Crippen molar-refractivity contribution in [3.8, 4) is 0 Å². The topological polar surface area (TPSA) is 134 Å². The minimum atomic E-state index is -1.02. The number of methoxy groups -OCH3 is 2. The van der Waals surface area contributed by atoms with Crippen molar-refractivity contribution < 1.29 is 38.6 Å². The van der Waals surface area contributed by atoms with E-state index >= 15 is 0 Å². The second-order valence-electron chi connectivity index (χ2n) is 17.0. The molecular formula is C44H73N3O8. The second kappa shape index (κ2) is 22.6. The Labute approximate surface area is 331 Å². The highest BCUT2D eigenvalue weighted by Crippen LogP contribution is 2.32. The molecule has 0 bridgehead atoms. The molecule has 2 amide bonds. The van der Waals surface area contributed by atoms with Crippen LogP contribution in [0.3, 0.4) is 0 Å². The zero-order valence-corrected chi connectivity index (χ0v) is 36.1. The lowest BCUT2D eigenvalue weighted by molar-refractivity contribution is -0.149. The monoisotopic (exact) mass is 772 g/mol. The Morgan fingerprint density at radius 2 is 1.47 bits per heavy atom. The fourth-order valence-corrected chi connectivity index (χ4v) is 8.51. The van der Waals surface area contributed by atoms with Gasteiger partial charge in [0.2, 0.25) is 11.8 Å². The molecule has 1 aromatic carbocycles. The Balaban J connectivity index is 2.29. The molecule has 1 aliphatic rings. The summed E-state index contributed by atoms with van der Waals surface area (Å²) in [4.78, 5) is 73.8. The SMILES string of the molecule is CC[C@H](C)[C@@H](C(CC(=O)N1CCC[C@H]1[C@H](OC)[C@@H](C)C(=O)C[C@@H](Cc1ccccc1)C(=O)O)OC)N(C)C(=O)[C@@H](CC(=O)[C@H](C(C)C)N(C)C(C)C)C(C)C. The van der Waals surface area contributed by atoms with Gasteiger partial charge in [0.15, 0.2) is 5.78 Å². The average Bonchev–Trinajstić information content (AvgIpc) is 3.62. The van der Waals surface area contributed by atoms with Crippen LogP contribution in [0.25, 0.3) is 0 Å². The number of carboxylic acid groups (broad SMARTS) is 1. The molecule has 1 unspecified atom stereocenters. The lowest BCUT2D eigenvalue weighted by atomic mass is 9.83.